The Labute approximate surface area is 315 Å². The number of halogens is 3. The van der Waals surface area contributed by atoms with Gasteiger partial charge < -0.3 is 28.9 Å². The van der Waals surface area contributed by atoms with Gasteiger partial charge >= 0.3 is 12.6 Å². The van der Waals surface area contributed by atoms with Crippen LogP contribution in [0.15, 0.2) is 54.9 Å². The van der Waals surface area contributed by atoms with Gasteiger partial charge in [-0.25, -0.2) is 8.42 Å². The lowest BCUT2D eigenvalue weighted by atomic mass is 10.0. The normalized spacial score (nSPS) is 15.5. The highest BCUT2D eigenvalue weighted by Crippen LogP contribution is 2.37. The topological polar surface area (TPSA) is 148 Å². The Morgan fingerprint density at radius 1 is 1.11 bits per heavy atom. The number of anilines is 1. The van der Waals surface area contributed by atoms with Gasteiger partial charge in [0.1, 0.15) is 16.9 Å². The molecule has 0 bridgehead atoms. The molecule has 2 aromatic carbocycles. The van der Waals surface area contributed by atoms with E-state index in [4.69, 9.17) is 30.5 Å². The third-order valence-corrected chi connectivity index (χ3v) is 10.9. The number of ether oxygens (including phenoxy) is 5. The monoisotopic (exact) mass is 799 g/mol. The smallest absolute Gasteiger partial charge is 0.387 e. The number of morpholine rings is 1. The SMILES string of the molecule is COc1ccc(C(=O)SCC(=O)O[C@@H](Cc2cc[n+]([O-])cc2Cl)c2ccc(OC(F)F)c(OCC3CC3)c2)cc1N(CCN1CCOCC1)S(C)(=O)=O. The Bertz CT molecular complexity index is 1860. The van der Waals surface area contributed by atoms with Crippen molar-refractivity contribution in [2.45, 2.75) is 32.0 Å². The Hall–Kier alpha value is -3.90. The summed E-state index contributed by atoms with van der Waals surface area (Å²) in [5, 5.41) is 11.3. The van der Waals surface area contributed by atoms with Crippen molar-refractivity contribution < 1.29 is 55.2 Å². The van der Waals surface area contributed by atoms with Crippen LogP contribution in [0.25, 0.3) is 0 Å². The second-order valence-corrected chi connectivity index (χ2v) is 15.7. The van der Waals surface area contributed by atoms with Gasteiger partial charge in [-0.2, -0.15) is 13.5 Å². The number of hydrogen-bond donors (Lipinski definition) is 0. The van der Waals surface area contributed by atoms with Gasteiger partial charge in [0.15, 0.2) is 23.9 Å². The first kappa shape index (κ1) is 40.3. The molecule has 0 radical (unpaired) electrons. The number of sulfonamides is 1. The molecule has 0 unspecified atom stereocenters. The molecule has 1 saturated heterocycles. The summed E-state index contributed by atoms with van der Waals surface area (Å²) in [6, 6.07) is 10.0. The zero-order chi connectivity index (χ0) is 38.1. The van der Waals surface area contributed by atoms with Crippen molar-refractivity contribution in [3.8, 4) is 17.2 Å². The van der Waals surface area contributed by atoms with Crippen molar-refractivity contribution in [1.29, 1.82) is 0 Å². The molecule has 18 heteroatoms. The molecule has 288 valence electrons. The Kier molecular flexibility index (Phi) is 14.0. The maximum Gasteiger partial charge on any atom is 0.387 e. The quantitative estimate of drug-likeness (QED) is 0.0983. The number of alkyl halides is 2. The number of esters is 1. The van der Waals surface area contributed by atoms with E-state index in [-0.39, 0.29) is 46.5 Å². The van der Waals surface area contributed by atoms with E-state index < -0.39 is 39.6 Å². The summed E-state index contributed by atoms with van der Waals surface area (Å²) in [6.45, 7) is 0.153. The fourth-order valence-electron chi connectivity index (χ4n) is 5.53. The molecule has 1 aromatic heterocycles. The number of rotatable bonds is 18. The third-order valence-electron chi connectivity index (χ3n) is 8.50. The first-order chi connectivity index (χ1) is 25.3. The molecule has 1 aliphatic carbocycles. The van der Waals surface area contributed by atoms with E-state index in [1.165, 1.54) is 60.1 Å². The van der Waals surface area contributed by atoms with Gasteiger partial charge in [0, 0.05) is 44.2 Å². The minimum Gasteiger partial charge on any atom is -0.619 e. The number of carbonyl (C=O) groups excluding carboxylic acids is 2. The maximum atomic E-state index is 13.4. The van der Waals surface area contributed by atoms with Crippen molar-refractivity contribution in [2.24, 2.45) is 5.92 Å². The molecule has 0 N–H and O–H groups in total. The van der Waals surface area contributed by atoms with Crippen molar-refractivity contribution in [2.75, 3.05) is 69.4 Å². The standard InChI is InChI=1S/C35H40ClF2N3O10S2/c1-47-29-7-6-26(17-28(29)41(53(2,45)46)12-11-39-13-15-48-16-14-39)34(43)52-22-33(42)50-31(18-24-9-10-40(44)20-27(24)36)25-5-8-30(51-35(37)38)32(19-25)49-21-23-3-4-23/h5-10,17,19-20,23,31,35H,3-4,11-16,18,21-22H2,1-2H3/t31-/m0/s1. The van der Waals surface area contributed by atoms with Gasteiger partial charge in [0.25, 0.3) is 0 Å². The number of benzene rings is 2. The van der Waals surface area contributed by atoms with Crippen LogP contribution in [0, 0.1) is 11.1 Å². The van der Waals surface area contributed by atoms with E-state index in [0.29, 0.717) is 73.0 Å². The van der Waals surface area contributed by atoms with Crippen LogP contribution in [-0.4, -0.2) is 96.1 Å². The molecule has 13 nitrogen and oxygen atoms in total. The second-order valence-electron chi connectivity index (χ2n) is 12.5. The Balaban J connectivity index is 1.32. The predicted molar refractivity (Wildman–Crippen MR) is 193 cm³/mol. The number of methoxy groups -OCH3 is 1. The Morgan fingerprint density at radius 2 is 1.85 bits per heavy atom. The van der Waals surface area contributed by atoms with Gasteiger partial charge in [-0.05, 0) is 60.2 Å². The zero-order valence-corrected chi connectivity index (χ0v) is 31.5. The van der Waals surface area contributed by atoms with Crippen molar-refractivity contribution in [3.63, 3.8) is 0 Å². The first-order valence-corrected chi connectivity index (χ1v) is 19.9. The van der Waals surface area contributed by atoms with E-state index in [2.05, 4.69) is 9.64 Å². The van der Waals surface area contributed by atoms with Gasteiger partial charge in [-0.15, -0.1) is 0 Å². The van der Waals surface area contributed by atoms with Crippen LogP contribution >= 0.6 is 23.4 Å². The maximum absolute atomic E-state index is 13.4. The number of aromatic nitrogens is 1. The van der Waals surface area contributed by atoms with Crippen LogP contribution in [0.5, 0.6) is 17.2 Å². The average Bonchev–Trinajstić information content (AvgIpc) is 3.95. The molecule has 1 atom stereocenters. The molecule has 3 aromatic rings. The molecule has 1 saturated carbocycles. The summed E-state index contributed by atoms with van der Waals surface area (Å²) in [4.78, 5) is 28.8. The number of carbonyl (C=O) groups is 2. The van der Waals surface area contributed by atoms with E-state index in [1.54, 1.807) is 0 Å². The molecular weight excluding hydrogens is 760 g/mol. The molecule has 0 amide bonds. The van der Waals surface area contributed by atoms with Crippen LogP contribution in [0.4, 0.5) is 14.5 Å². The molecule has 0 spiro atoms. The van der Waals surface area contributed by atoms with Crippen LogP contribution in [0.2, 0.25) is 5.02 Å². The van der Waals surface area contributed by atoms with Gasteiger partial charge in [0.2, 0.25) is 15.1 Å². The van der Waals surface area contributed by atoms with Gasteiger partial charge in [-0.3, -0.25) is 18.8 Å². The number of thioether (sulfide) groups is 1. The summed E-state index contributed by atoms with van der Waals surface area (Å²) >= 11 is 6.97. The summed E-state index contributed by atoms with van der Waals surface area (Å²) in [5.41, 5.74) is 1.14. The first-order valence-electron chi connectivity index (χ1n) is 16.7. The lowest BCUT2D eigenvalue weighted by Gasteiger charge is -2.30. The number of pyridine rings is 1. The van der Waals surface area contributed by atoms with Crippen molar-refractivity contribution in [3.05, 3.63) is 81.8 Å². The largest absolute Gasteiger partial charge is 0.619 e. The van der Waals surface area contributed by atoms with Crippen molar-refractivity contribution in [1.82, 2.24) is 4.90 Å². The van der Waals surface area contributed by atoms with Crippen LogP contribution in [0.3, 0.4) is 0 Å². The van der Waals surface area contributed by atoms with Crippen molar-refractivity contribution >= 4 is 50.2 Å². The fraction of sp³-hybridized carbons (Fsp3) is 0.457. The lowest BCUT2D eigenvalue weighted by molar-refractivity contribution is -0.605. The predicted octanol–water partition coefficient (Wildman–Crippen LogP) is 4.87. The van der Waals surface area contributed by atoms with E-state index in [1.807, 2.05) is 0 Å². The zero-order valence-electron chi connectivity index (χ0n) is 29.1. The van der Waals surface area contributed by atoms with Crippen LogP contribution in [0.1, 0.15) is 40.4 Å². The molecule has 1 aliphatic heterocycles. The van der Waals surface area contributed by atoms with Crippen LogP contribution < -0.4 is 23.2 Å². The highest BCUT2D eigenvalue weighted by atomic mass is 35.5. The van der Waals surface area contributed by atoms with E-state index in [9.17, 15) is 32.0 Å². The highest BCUT2D eigenvalue weighted by molar-refractivity contribution is 8.14. The summed E-state index contributed by atoms with van der Waals surface area (Å²) in [7, 11) is -2.39. The van der Waals surface area contributed by atoms with Crippen LogP contribution in [-0.2, 0) is 30.7 Å². The minimum atomic E-state index is -3.79. The molecule has 53 heavy (non-hydrogen) atoms. The number of hydrogen-bond acceptors (Lipinski definition) is 12. The lowest BCUT2D eigenvalue weighted by Crippen LogP contribution is -2.43. The molecule has 2 heterocycles. The molecule has 2 aliphatic rings. The summed E-state index contributed by atoms with van der Waals surface area (Å²) < 4.78 is 81.0. The third kappa shape index (κ3) is 11.8. The molecule has 2 fully saturated rings. The molecule has 5 rings (SSSR count). The summed E-state index contributed by atoms with van der Waals surface area (Å²) in [5.74, 6) is -0.812. The second kappa shape index (κ2) is 18.4. The van der Waals surface area contributed by atoms with E-state index >= 15 is 0 Å². The summed E-state index contributed by atoms with van der Waals surface area (Å²) in [6.07, 6.45) is 4.31. The molecular formula is C35H40ClF2N3O10S2. The fourth-order valence-corrected chi connectivity index (χ4v) is 7.29. The Morgan fingerprint density at radius 3 is 2.51 bits per heavy atom. The number of nitrogens with zero attached hydrogens (tertiary/aromatic N) is 3. The van der Waals surface area contributed by atoms with Gasteiger partial charge in [0.05, 0.1) is 44.6 Å². The van der Waals surface area contributed by atoms with Gasteiger partial charge in [-0.1, -0.05) is 29.4 Å². The highest BCUT2D eigenvalue weighted by Gasteiger charge is 2.27. The van der Waals surface area contributed by atoms with E-state index in [0.717, 1.165) is 25.3 Å². The minimum absolute atomic E-state index is 0.00520. The average molecular weight is 800 g/mol.